The van der Waals surface area contributed by atoms with Crippen LogP contribution >= 0.6 is 0 Å². The first kappa shape index (κ1) is 12.3. The van der Waals surface area contributed by atoms with Crippen molar-refractivity contribution in [3.8, 4) is 5.69 Å². The molecule has 0 aromatic carbocycles. The van der Waals surface area contributed by atoms with Gasteiger partial charge in [0.25, 0.3) is 0 Å². The van der Waals surface area contributed by atoms with Gasteiger partial charge in [0.15, 0.2) is 0 Å². The van der Waals surface area contributed by atoms with Crippen LogP contribution in [-0.4, -0.2) is 25.4 Å². The maximum absolute atomic E-state index is 4.61. The smallest absolute Gasteiger partial charge is 0.208 e. The Kier molecular flexibility index (Phi) is 3.27. The molecule has 0 unspecified atom stereocenters. The summed E-state index contributed by atoms with van der Waals surface area (Å²) < 4.78 is 3.91. The van der Waals surface area contributed by atoms with Crippen LogP contribution in [0, 0.1) is 6.92 Å². The number of nitrogens with one attached hydrogen (secondary N) is 1. The standard InChI is InChI=1S/C14H21N5/c1-11-9-19(13-8-15-18(2)10-13)14(16-11)17-12-6-4-3-5-7-12/h8-10,12H,3-7H2,1-2H3,(H,16,17). The molecule has 0 spiro atoms. The zero-order valence-corrected chi connectivity index (χ0v) is 11.6. The van der Waals surface area contributed by atoms with E-state index in [9.17, 15) is 0 Å². The summed E-state index contributed by atoms with van der Waals surface area (Å²) in [5, 5.41) is 7.82. The van der Waals surface area contributed by atoms with Gasteiger partial charge in [0.1, 0.15) is 0 Å². The van der Waals surface area contributed by atoms with Crippen LogP contribution in [0.3, 0.4) is 0 Å². The fraction of sp³-hybridized carbons (Fsp3) is 0.571. The highest BCUT2D eigenvalue weighted by molar-refractivity contribution is 5.41. The minimum atomic E-state index is 0.561. The van der Waals surface area contributed by atoms with Crippen molar-refractivity contribution in [3.05, 3.63) is 24.3 Å². The highest BCUT2D eigenvalue weighted by atomic mass is 15.3. The fourth-order valence-electron chi connectivity index (χ4n) is 2.76. The number of hydrogen-bond donors (Lipinski definition) is 1. The molecule has 0 amide bonds. The molecule has 0 aliphatic heterocycles. The van der Waals surface area contributed by atoms with Crippen molar-refractivity contribution in [1.82, 2.24) is 19.3 Å². The van der Waals surface area contributed by atoms with Gasteiger partial charge in [-0.3, -0.25) is 9.25 Å². The molecule has 3 rings (SSSR count). The quantitative estimate of drug-likeness (QED) is 0.922. The van der Waals surface area contributed by atoms with Crippen molar-refractivity contribution in [2.75, 3.05) is 5.32 Å². The van der Waals surface area contributed by atoms with Crippen molar-refractivity contribution < 1.29 is 0 Å². The van der Waals surface area contributed by atoms with E-state index in [1.165, 1.54) is 32.1 Å². The Morgan fingerprint density at radius 2 is 2.00 bits per heavy atom. The molecular weight excluding hydrogens is 238 g/mol. The summed E-state index contributed by atoms with van der Waals surface area (Å²) in [6.45, 7) is 2.03. The van der Waals surface area contributed by atoms with E-state index in [1.54, 1.807) is 0 Å². The molecule has 1 saturated carbocycles. The molecule has 0 saturated heterocycles. The molecule has 0 bridgehead atoms. The predicted molar refractivity (Wildman–Crippen MR) is 75.6 cm³/mol. The minimum Gasteiger partial charge on any atom is -0.353 e. The van der Waals surface area contributed by atoms with Gasteiger partial charge in [0, 0.05) is 25.5 Å². The van der Waals surface area contributed by atoms with Crippen LogP contribution < -0.4 is 5.32 Å². The monoisotopic (exact) mass is 259 g/mol. The van der Waals surface area contributed by atoms with E-state index in [-0.39, 0.29) is 0 Å². The number of aromatic nitrogens is 4. The highest BCUT2D eigenvalue weighted by Crippen LogP contribution is 2.23. The second-order valence-electron chi connectivity index (χ2n) is 5.43. The van der Waals surface area contributed by atoms with Crippen molar-refractivity contribution >= 4 is 5.95 Å². The van der Waals surface area contributed by atoms with Gasteiger partial charge in [-0.25, -0.2) is 4.98 Å². The maximum Gasteiger partial charge on any atom is 0.208 e. The number of aryl methyl sites for hydroxylation is 2. The van der Waals surface area contributed by atoms with E-state index in [0.717, 1.165) is 17.3 Å². The van der Waals surface area contributed by atoms with Gasteiger partial charge in [-0.2, -0.15) is 5.10 Å². The average Bonchev–Trinajstić information content (AvgIpc) is 2.97. The van der Waals surface area contributed by atoms with Gasteiger partial charge in [-0.05, 0) is 19.8 Å². The molecular formula is C14H21N5. The zero-order chi connectivity index (χ0) is 13.2. The molecule has 0 radical (unpaired) electrons. The molecule has 1 fully saturated rings. The molecule has 102 valence electrons. The number of anilines is 1. The topological polar surface area (TPSA) is 47.7 Å². The zero-order valence-electron chi connectivity index (χ0n) is 11.6. The molecule has 19 heavy (non-hydrogen) atoms. The lowest BCUT2D eigenvalue weighted by Gasteiger charge is -2.23. The molecule has 5 heteroatoms. The Balaban J connectivity index is 1.84. The normalized spacial score (nSPS) is 16.7. The first-order chi connectivity index (χ1) is 9.22. The van der Waals surface area contributed by atoms with Crippen LogP contribution in [0.1, 0.15) is 37.8 Å². The van der Waals surface area contributed by atoms with Gasteiger partial charge in [-0.1, -0.05) is 19.3 Å². The van der Waals surface area contributed by atoms with Crippen LogP contribution in [0.15, 0.2) is 18.6 Å². The van der Waals surface area contributed by atoms with E-state index in [0.29, 0.717) is 6.04 Å². The molecule has 2 heterocycles. The Hall–Kier alpha value is -1.78. The van der Waals surface area contributed by atoms with Crippen molar-refractivity contribution in [2.24, 2.45) is 7.05 Å². The summed E-state index contributed by atoms with van der Waals surface area (Å²) in [7, 11) is 1.93. The van der Waals surface area contributed by atoms with Crippen LogP contribution in [0.5, 0.6) is 0 Å². The number of hydrogen-bond acceptors (Lipinski definition) is 3. The van der Waals surface area contributed by atoms with E-state index in [4.69, 9.17) is 0 Å². The van der Waals surface area contributed by atoms with E-state index in [1.807, 2.05) is 31.0 Å². The lowest BCUT2D eigenvalue weighted by molar-refractivity contribution is 0.460. The molecule has 5 nitrogen and oxygen atoms in total. The summed E-state index contributed by atoms with van der Waals surface area (Å²) in [6, 6.07) is 0.561. The third-order valence-corrected chi connectivity index (χ3v) is 3.73. The van der Waals surface area contributed by atoms with E-state index < -0.39 is 0 Å². The SMILES string of the molecule is Cc1cn(-c2cnn(C)c2)c(NC2CCCCC2)n1. The second-order valence-corrected chi connectivity index (χ2v) is 5.43. The van der Waals surface area contributed by atoms with Gasteiger partial charge in [0.2, 0.25) is 5.95 Å². The molecule has 1 aliphatic rings. The number of nitrogens with zero attached hydrogens (tertiary/aromatic N) is 4. The van der Waals surface area contributed by atoms with Gasteiger partial charge in [0.05, 0.1) is 17.6 Å². The average molecular weight is 259 g/mol. The minimum absolute atomic E-state index is 0.561. The van der Waals surface area contributed by atoms with Crippen LogP contribution in [0.4, 0.5) is 5.95 Å². The third-order valence-electron chi connectivity index (χ3n) is 3.73. The first-order valence-electron chi connectivity index (χ1n) is 7.04. The molecule has 1 aliphatic carbocycles. The fourth-order valence-corrected chi connectivity index (χ4v) is 2.76. The van der Waals surface area contributed by atoms with Gasteiger partial charge in [-0.15, -0.1) is 0 Å². The van der Waals surface area contributed by atoms with E-state index >= 15 is 0 Å². The summed E-state index contributed by atoms with van der Waals surface area (Å²) in [5.74, 6) is 0.942. The number of rotatable bonds is 3. The Morgan fingerprint density at radius 1 is 1.21 bits per heavy atom. The first-order valence-corrected chi connectivity index (χ1v) is 7.04. The lowest BCUT2D eigenvalue weighted by atomic mass is 9.96. The van der Waals surface area contributed by atoms with Gasteiger partial charge >= 0.3 is 0 Å². The largest absolute Gasteiger partial charge is 0.353 e. The summed E-state index contributed by atoms with van der Waals surface area (Å²) in [4.78, 5) is 4.61. The second kappa shape index (κ2) is 5.07. The Bertz CT molecular complexity index is 548. The van der Waals surface area contributed by atoms with Crippen molar-refractivity contribution in [2.45, 2.75) is 45.1 Å². The Morgan fingerprint density at radius 3 is 2.68 bits per heavy atom. The van der Waals surface area contributed by atoms with Crippen LogP contribution in [0.2, 0.25) is 0 Å². The summed E-state index contributed by atoms with van der Waals surface area (Å²) >= 11 is 0. The number of imidazole rings is 1. The predicted octanol–water partition coefficient (Wildman–Crippen LogP) is 2.66. The summed E-state index contributed by atoms with van der Waals surface area (Å²) in [6.07, 6.45) is 12.4. The Labute approximate surface area is 113 Å². The molecule has 0 atom stereocenters. The highest BCUT2D eigenvalue weighted by Gasteiger charge is 2.16. The maximum atomic E-state index is 4.61. The van der Waals surface area contributed by atoms with E-state index in [2.05, 4.69) is 26.2 Å². The van der Waals surface area contributed by atoms with Crippen LogP contribution in [-0.2, 0) is 7.05 Å². The molecule has 1 N–H and O–H groups in total. The van der Waals surface area contributed by atoms with Crippen LogP contribution in [0.25, 0.3) is 5.69 Å². The van der Waals surface area contributed by atoms with Gasteiger partial charge < -0.3 is 5.32 Å². The summed E-state index contributed by atoms with van der Waals surface area (Å²) in [5.41, 5.74) is 2.09. The van der Waals surface area contributed by atoms with Crippen molar-refractivity contribution in [3.63, 3.8) is 0 Å². The van der Waals surface area contributed by atoms with Crippen molar-refractivity contribution in [1.29, 1.82) is 0 Å². The lowest BCUT2D eigenvalue weighted by Crippen LogP contribution is -2.24. The molecule has 2 aromatic heterocycles. The third kappa shape index (κ3) is 2.64. The molecule has 2 aromatic rings.